The van der Waals surface area contributed by atoms with Gasteiger partial charge >= 0.3 is 0 Å². The fourth-order valence-electron chi connectivity index (χ4n) is 3.70. The van der Waals surface area contributed by atoms with Crippen molar-refractivity contribution in [1.29, 1.82) is 0 Å². The summed E-state index contributed by atoms with van der Waals surface area (Å²) in [6.45, 7) is 2.17. The number of amides is 1. The zero-order chi connectivity index (χ0) is 20.8. The number of carbonyl (C=O) groups is 1. The molecule has 0 unspecified atom stereocenters. The molecule has 30 heavy (non-hydrogen) atoms. The zero-order valence-corrected chi connectivity index (χ0v) is 17.9. The molecule has 3 aromatic rings. The first-order valence-corrected chi connectivity index (χ1v) is 11.0. The maximum absolute atomic E-state index is 12.7. The maximum atomic E-state index is 12.7. The highest BCUT2D eigenvalue weighted by molar-refractivity contribution is 7.09. The smallest absolute Gasteiger partial charge is 0.225 e. The highest BCUT2D eigenvalue weighted by Crippen LogP contribution is 2.26. The topological polar surface area (TPSA) is 67.3 Å². The van der Waals surface area contributed by atoms with Crippen molar-refractivity contribution in [2.45, 2.75) is 25.8 Å². The summed E-state index contributed by atoms with van der Waals surface area (Å²) >= 11 is 1.41. The molecule has 1 aliphatic rings. The summed E-state index contributed by atoms with van der Waals surface area (Å²) in [7, 11) is 1.67. The quantitative estimate of drug-likeness (QED) is 0.629. The van der Waals surface area contributed by atoms with Crippen molar-refractivity contribution in [3.05, 3.63) is 71.5 Å². The standard InChI is InChI=1S/C23H26N4O2S/c1-29-20-11-5-9-18(13-20)14-21-25-23(30-26-21)27-12-6-10-19(16-27)22(28)24-15-17-7-3-2-4-8-17/h2-5,7-9,11,13,19H,6,10,12,14-16H2,1H3,(H,24,28)/t19-/m1/s1. The van der Waals surface area contributed by atoms with E-state index in [0.717, 1.165) is 47.2 Å². The molecule has 1 aliphatic heterocycles. The Labute approximate surface area is 181 Å². The minimum Gasteiger partial charge on any atom is -0.497 e. The van der Waals surface area contributed by atoms with E-state index >= 15 is 0 Å². The van der Waals surface area contributed by atoms with Crippen LogP contribution in [0, 0.1) is 5.92 Å². The molecule has 0 bridgehead atoms. The van der Waals surface area contributed by atoms with E-state index in [-0.39, 0.29) is 11.8 Å². The van der Waals surface area contributed by atoms with Crippen LogP contribution in [0.4, 0.5) is 5.13 Å². The molecule has 0 spiro atoms. The van der Waals surface area contributed by atoms with Gasteiger partial charge in [-0.2, -0.15) is 4.37 Å². The molecule has 7 heteroatoms. The first-order valence-electron chi connectivity index (χ1n) is 10.2. The van der Waals surface area contributed by atoms with Gasteiger partial charge in [0.2, 0.25) is 11.0 Å². The molecule has 1 aromatic heterocycles. The third-order valence-corrected chi connectivity index (χ3v) is 6.14. The fourth-order valence-corrected chi connectivity index (χ4v) is 4.42. The number of anilines is 1. The van der Waals surface area contributed by atoms with Gasteiger partial charge in [0.05, 0.1) is 13.0 Å². The Morgan fingerprint density at radius 1 is 1.20 bits per heavy atom. The van der Waals surface area contributed by atoms with Crippen LogP contribution in [0.2, 0.25) is 0 Å². The number of methoxy groups -OCH3 is 1. The van der Waals surface area contributed by atoms with Crippen LogP contribution in [0.3, 0.4) is 0 Å². The number of nitrogens with zero attached hydrogens (tertiary/aromatic N) is 3. The van der Waals surface area contributed by atoms with Crippen LogP contribution in [0.1, 0.15) is 29.8 Å². The first kappa shape index (κ1) is 20.3. The van der Waals surface area contributed by atoms with Gasteiger partial charge in [0.1, 0.15) is 11.6 Å². The molecule has 1 amide bonds. The zero-order valence-electron chi connectivity index (χ0n) is 17.1. The van der Waals surface area contributed by atoms with Gasteiger partial charge in [-0.1, -0.05) is 42.5 Å². The van der Waals surface area contributed by atoms with Crippen LogP contribution in [-0.4, -0.2) is 35.5 Å². The Morgan fingerprint density at radius 3 is 2.87 bits per heavy atom. The number of benzene rings is 2. The van der Waals surface area contributed by atoms with Crippen molar-refractivity contribution < 1.29 is 9.53 Å². The third-order valence-electron chi connectivity index (χ3n) is 5.33. The predicted octanol–water partition coefficient (Wildman–Crippen LogP) is 3.67. The molecule has 1 fully saturated rings. The minimum atomic E-state index is -0.0202. The fraction of sp³-hybridized carbons (Fsp3) is 0.348. The lowest BCUT2D eigenvalue weighted by molar-refractivity contribution is -0.125. The lowest BCUT2D eigenvalue weighted by Crippen LogP contribution is -2.43. The van der Waals surface area contributed by atoms with Crippen LogP contribution in [0.25, 0.3) is 0 Å². The van der Waals surface area contributed by atoms with Crippen molar-refractivity contribution in [1.82, 2.24) is 14.7 Å². The number of nitrogens with one attached hydrogen (secondary N) is 1. The van der Waals surface area contributed by atoms with Gasteiger partial charge in [0, 0.05) is 37.6 Å². The molecule has 1 atom stereocenters. The van der Waals surface area contributed by atoms with Gasteiger partial charge in [0.25, 0.3) is 0 Å². The summed E-state index contributed by atoms with van der Waals surface area (Å²) in [5.41, 5.74) is 2.24. The number of rotatable bonds is 7. The predicted molar refractivity (Wildman–Crippen MR) is 119 cm³/mol. The second kappa shape index (κ2) is 9.71. The molecule has 4 rings (SSSR count). The van der Waals surface area contributed by atoms with Crippen molar-refractivity contribution in [2.24, 2.45) is 5.92 Å². The molecule has 0 radical (unpaired) electrons. The van der Waals surface area contributed by atoms with Crippen molar-refractivity contribution in [3.8, 4) is 5.75 Å². The van der Waals surface area contributed by atoms with Crippen molar-refractivity contribution in [2.75, 3.05) is 25.1 Å². The van der Waals surface area contributed by atoms with E-state index < -0.39 is 0 Å². The van der Waals surface area contributed by atoms with E-state index in [4.69, 9.17) is 9.72 Å². The van der Waals surface area contributed by atoms with Crippen LogP contribution in [-0.2, 0) is 17.8 Å². The molecule has 1 N–H and O–H groups in total. The highest BCUT2D eigenvalue weighted by Gasteiger charge is 2.27. The average Bonchev–Trinajstić information content (AvgIpc) is 3.27. The largest absolute Gasteiger partial charge is 0.497 e. The second-order valence-corrected chi connectivity index (χ2v) is 8.24. The first-order chi connectivity index (χ1) is 14.7. The van der Waals surface area contributed by atoms with E-state index in [1.54, 1.807) is 7.11 Å². The summed E-state index contributed by atoms with van der Waals surface area (Å²) in [5.74, 6) is 1.74. The van der Waals surface area contributed by atoms with Crippen LogP contribution >= 0.6 is 11.5 Å². The molecule has 156 valence electrons. The molecule has 0 aliphatic carbocycles. The Morgan fingerprint density at radius 2 is 2.03 bits per heavy atom. The number of piperidine rings is 1. The van der Waals surface area contributed by atoms with Gasteiger partial charge in [0.15, 0.2) is 0 Å². The van der Waals surface area contributed by atoms with Crippen LogP contribution in [0.5, 0.6) is 5.75 Å². The number of hydrogen-bond donors (Lipinski definition) is 1. The van der Waals surface area contributed by atoms with Crippen LogP contribution < -0.4 is 15.0 Å². The van der Waals surface area contributed by atoms with Gasteiger partial charge in [-0.05, 0) is 36.1 Å². The van der Waals surface area contributed by atoms with E-state index in [2.05, 4.69) is 20.7 Å². The summed E-state index contributed by atoms with van der Waals surface area (Å²) < 4.78 is 9.83. The second-order valence-electron chi connectivity index (χ2n) is 7.51. The molecule has 0 saturated carbocycles. The SMILES string of the molecule is COc1cccc(Cc2nsc(N3CCC[C@@H](C(=O)NCc4ccccc4)C3)n2)c1. The molecule has 2 aromatic carbocycles. The number of aromatic nitrogens is 2. The van der Waals surface area contributed by atoms with Gasteiger partial charge in [-0.25, -0.2) is 4.98 Å². The van der Waals surface area contributed by atoms with Crippen LogP contribution in [0.15, 0.2) is 54.6 Å². The summed E-state index contributed by atoms with van der Waals surface area (Å²) in [5, 5.41) is 3.98. The number of carbonyl (C=O) groups excluding carboxylic acids is 1. The highest BCUT2D eigenvalue weighted by atomic mass is 32.1. The van der Waals surface area contributed by atoms with Crippen molar-refractivity contribution in [3.63, 3.8) is 0 Å². The van der Waals surface area contributed by atoms with Gasteiger partial charge in [-0.15, -0.1) is 0 Å². The Balaban J connectivity index is 1.34. The molecular formula is C23H26N4O2S. The monoisotopic (exact) mass is 422 g/mol. The van der Waals surface area contributed by atoms with Gasteiger partial charge < -0.3 is 15.0 Å². The Bertz CT molecular complexity index is 976. The van der Waals surface area contributed by atoms with E-state index in [9.17, 15) is 4.79 Å². The average molecular weight is 423 g/mol. The van der Waals surface area contributed by atoms with E-state index in [0.29, 0.717) is 19.5 Å². The Kier molecular flexibility index (Phi) is 6.59. The number of hydrogen-bond acceptors (Lipinski definition) is 6. The molecular weight excluding hydrogens is 396 g/mol. The summed E-state index contributed by atoms with van der Waals surface area (Å²) in [6, 6.07) is 18.0. The number of ether oxygens (including phenoxy) is 1. The Hall–Kier alpha value is -2.93. The normalized spacial score (nSPS) is 16.3. The molecule has 6 nitrogen and oxygen atoms in total. The minimum absolute atomic E-state index is 0.0202. The third kappa shape index (κ3) is 5.16. The summed E-state index contributed by atoms with van der Waals surface area (Å²) in [6.07, 6.45) is 2.56. The van der Waals surface area contributed by atoms with E-state index in [1.165, 1.54) is 11.5 Å². The summed E-state index contributed by atoms with van der Waals surface area (Å²) in [4.78, 5) is 19.6. The maximum Gasteiger partial charge on any atom is 0.225 e. The lowest BCUT2D eigenvalue weighted by Gasteiger charge is -2.31. The van der Waals surface area contributed by atoms with Crippen molar-refractivity contribution >= 4 is 22.6 Å². The van der Waals surface area contributed by atoms with Gasteiger partial charge in [-0.3, -0.25) is 4.79 Å². The van der Waals surface area contributed by atoms with E-state index in [1.807, 2.05) is 48.5 Å². The molecule has 1 saturated heterocycles. The molecule has 2 heterocycles. The lowest BCUT2D eigenvalue weighted by atomic mass is 9.97.